The Balaban J connectivity index is 0.00000156. The lowest BCUT2D eigenvalue weighted by molar-refractivity contribution is -0.132. The Labute approximate surface area is 163 Å². The molecule has 2 fully saturated rings. The van der Waals surface area contributed by atoms with E-state index < -0.39 is 0 Å². The molecule has 0 aromatic heterocycles. The van der Waals surface area contributed by atoms with E-state index in [0.717, 1.165) is 45.8 Å². The number of benzene rings is 1. The van der Waals surface area contributed by atoms with E-state index in [1.165, 1.54) is 5.56 Å². The van der Waals surface area contributed by atoms with Gasteiger partial charge in [-0.25, -0.2) is 0 Å². The number of rotatable bonds is 5. The lowest BCUT2D eigenvalue weighted by atomic mass is 9.89. The summed E-state index contributed by atoms with van der Waals surface area (Å²) >= 11 is 0. The van der Waals surface area contributed by atoms with Crippen LogP contribution in [0, 0.1) is 5.92 Å². The summed E-state index contributed by atoms with van der Waals surface area (Å²) in [6.07, 6.45) is 0.624. The number of carbonyl (C=O) groups excluding carboxylic acids is 1. The molecule has 0 saturated carbocycles. The first kappa shape index (κ1) is 22.2. The zero-order valence-corrected chi connectivity index (χ0v) is 16.2. The van der Waals surface area contributed by atoms with Crippen LogP contribution in [0.4, 0.5) is 0 Å². The number of halogens is 2. The summed E-state index contributed by atoms with van der Waals surface area (Å²) in [6, 6.07) is 10.6. The maximum Gasteiger partial charge on any atom is 0.223 e. The lowest BCUT2D eigenvalue weighted by Crippen LogP contribution is -2.47. The summed E-state index contributed by atoms with van der Waals surface area (Å²) < 4.78 is 0. The van der Waals surface area contributed by atoms with Gasteiger partial charge in [-0.15, -0.1) is 24.8 Å². The third-order valence-electron chi connectivity index (χ3n) is 5.16. The molecular weight excluding hydrogens is 359 g/mol. The minimum Gasteiger partial charge on any atom is -0.340 e. The molecule has 0 bridgehead atoms. The van der Waals surface area contributed by atoms with Gasteiger partial charge in [-0.3, -0.25) is 4.79 Å². The van der Waals surface area contributed by atoms with E-state index in [1.54, 1.807) is 0 Å². The molecule has 2 saturated heterocycles. The normalized spacial score (nSPS) is 23.6. The van der Waals surface area contributed by atoms with Gasteiger partial charge in [0.15, 0.2) is 0 Å². The molecule has 5 nitrogen and oxygen atoms in total. The SMILES string of the molecule is Cl.Cl.NC[C@@H]1CN(CCC(=O)N2CCNCC2)C[C@H]1c1ccccc1. The summed E-state index contributed by atoms with van der Waals surface area (Å²) in [5.41, 5.74) is 7.36. The highest BCUT2D eigenvalue weighted by Crippen LogP contribution is 2.31. The zero-order chi connectivity index (χ0) is 16.1. The first-order chi connectivity index (χ1) is 11.3. The van der Waals surface area contributed by atoms with Crippen molar-refractivity contribution in [1.29, 1.82) is 0 Å². The number of nitrogens with one attached hydrogen (secondary N) is 1. The number of hydrogen-bond acceptors (Lipinski definition) is 4. The molecule has 0 aliphatic carbocycles. The number of likely N-dealkylation sites (tertiary alicyclic amines) is 1. The zero-order valence-electron chi connectivity index (χ0n) is 14.6. The van der Waals surface area contributed by atoms with Crippen LogP contribution < -0.4 is 11.1 Å². The van der Waals surface area contributed by atoms with Gasteiger partial charge in [0.1, 0.15) is 0 Å². The summed E-state index contributed by atoms with van der Waals surface area (Å²) in [6.45, 7) is 7.10. The molecule has 25 heavy (non-hydrogen) atoms. The van der Waals surface area contributed by atoms with Crippen LogP contribution in [-0.2, 0) is 4.79 Å². The monoisotopic (exact) mass is 388 g/mol. The molecule has 3 rings (SSSR count). The van der Waals surface area contributed by atoms with E-state index in [1.807, 2.05) is 4.90 Å². The Morgan fingerprint density at radius 3 is 2.44 bits per heavy atom. The van der Waals surface area contributed by atoms with Gasteiger partial charge in [-0.05, 0) is 18.0 Å². The third-order valence-corrected chi connectivity index (χ3v) is 5.16. The Morgan fingerprint density at radius 2 is 1.80 bits per heavy atom. The van der Waals surface area contributed by atoms with Crippen molar-refractivity contribution in [1.82, 2.24) is 15.1 Å². The van der Waals surface area contributed by atoms with E-state index in [4.69, 9.17) is 5.73 Å². The molecule has 2 aliphatic heterocycles. The largest absolute Gasteiger partial charge is 0.340 e. The van der Waals surface area contributed by atoms with Gasteiger partial charge in [0, 0.05) is 58.2 Å². The van der Waals surface area contributed by atoms with Gasteiger partial charge in [0.05, 0.1) is 0 Å². The van der Waals surface area contributed by atoms with Gasteiger partial charge in [0.2, 0.25) is 5.91 Å². The first-order valence-electron chi connectivity index (χ1n) is 8.74. The van der Waals surface area contributed by atoms with Gasteiger partial charge < -0.3 is 20.9 Å². The first-order valence-corrected chi connectivity index (χ1v) is 8.74. The van der Waals surface area contributed by atoms with Crippen molar-refractivity contribution in [3.05, 3.63) is 35.9 Å². The molecule has 0 radical (unpaired) electrons. The highest BCUT2D eigenvalue weighted by Gasteiger charge is 2.32. The van der Waals surface area contributed by atoms with Gasteiger partial charge in [-0.1, -0.05) is 30.3 Å². The second-order valence-corrected chi connectivity index (χ2v) is 6.65. The molecule has 1 amide bonds. The molecule has 3 N–H and O–H groups in total. The summed E-state index contributed by atoms with van der Waals surface area (Å²) in [7, 11) is 0. The molecule has 2 aliphatic rings. The molecule has 1 aromatic rings. The van der Waals surface area contributed by atoms with E-state index in [2.05, 4.69) is 40.5 Å². The standard InChI is InChI=1S/C18H28N4O.2ClH/c19-12-16-13-21(14-17(16)15-4-2-1-3-5-15)9-6-18(23)22-10-7-20-8-11-22;;/h1-5,16-17,20H,6-14,19H2;2*1H/t16-,17+;;/m1../s1. The second-order valence-electron chi connectivity index (χ2n) is 6.65. The smallest absolute Gasteiger partial charge is 0.223 e. The van der Waals surface area contributed by atoms with Crippen LogP contribution in [0.25, 0.3) is 0 Å². The van der Waals surface area contributed by atoms with Crippen molar-refractivity contribution in [2.24, 2.45) is 11.7 Å². The van der Waals surface area contributed by atoms with Crippen molar-refractivity contribution in [3.8, 4) is 0 Å². The summed E-state index contributed by atoms with van der Waals surface area (Å²) in [5.74, 6) is 1.28. The molecule has 142 valence electrons. The van der Waals surface area contributed by atoms with Crippen LogP contribution in [0.15, 0.2) is 30.3 Å². The fourth-order valence-corrected chi connectivity index (χ4v) is 3.79. The van der Waals surface area contributed by atoms with E-state index in [-0.39, 0.29) is 24.8 Å². The average molecular weight is 389 g/mol. The summed E-state index contributed by atoms with van der Waals surface area (Å²) in [4.78, 5) is 16.7. The fraction of sp³-hybridized carbons (Fsp3) is 0.611. The topological polar surface area (TPSA) is 61.6 Å². The Hall–Kier alpha value is -0.850. The van der Waals surface area contributed by atoms with Crippen LogP contribution >= 0.6 is 24.8 Å². The van der Waals surface area contributed by atoms with E-state index in [9.17, 15) is 4.79 Å². The number of nitrogens with zero attached hydrogens (tertiary/aromatic N) is 2. The van der Waals surface area contributed by atoms with Crippen LogP contribution in [-0.4, -0.2) is 68.1 Å². The molecule has 7 heteroatoms. The van der Waals surface area contributed by atoms with Crippen LogP contribution in [0.5, 0.6) is 0 Å². The fourth-order valence-electron chi connectivity index (χ4n) is 3.79. The van der Waals surface area contributed by atoms with E-state index in [0.29, 0.717) is 30.7 Å². The third kappa shape index (κ3) is 5.83. The van der Waals surface area contributed by atoms with E-state index >= 15 is 0 Å². The average Bonchev–Trinajstić information content (AvgIpc) is 3.04. The van der Waals surface area contributed by atoms with Gasteiger partial charge in [0.25, 0.3) is 0 Å². The number of piperazine rings is 1. The second kappa shape index (κ2) is 11.0. The highest BCUT2D eigenvalue weighted by molar-refractivity contribution is 5.85. The quantitative estimate of drug-likeness (QED) is 0.798. The number of nitrogens with two attached hydrogens (primary N) is 1. The summed E-state index contributed by atoms with van der Waals surface area (Å²) in [5, 5.41) is 3.29. The van der Waals surface area contributed by atoms with Crippen LogP contribution in [0.2, 0.25) is 0 Å². The Morgan fingerprint density at radius 1 is 1.12 bits per heavy atom. The van der Waals surface area contributed by atoms with Crippen molar-refractivity contribution < 1.29 is 4.79 Å². The minimum atomic E-state index is 0. The number of hydrogen-bond donors (Lipinski definition) is 2. The predicted octanol–water partition coefficient (Wildman–Crippen LogP) is 1.33. The molecule has 2 atom stereocenters. The van der Waals surface area contributed by atoms with Gasteiger partial charge in [-0.2, -0.15) is 0 Å². The lowest BCUT2D eigenvalue weighted by Gasteiger charge is -2.28. The minimum absolute atomic E-state index is 0. The Bertz CT molecular complexity index is 511. The van der Waals surface area contributed by atoms with Crippen molar-refractivity contribution in [2.75, 3.05) is 52.4 Å². The number of carbonyl (C=O) groups is 1. The highest BCUT2D eigenvalue weighted by atomic mass is 35.5. The van der Waals surface area contributed by atoms with Crippen LogP contribution in [0.3, 0.4) is 0 Å². The van der Waals surface area contributed by atoms with Crippen LogP contribution in [0.1, 0.15) is 17.9 Å². The van der Waals surface area contributed by atoms with Crippen molar-refractivity contribution >= 4 is 30.7 Å². The molecule has 2 heterocycles. The predicted molar refractivity (Wildman–Crippen MR) is 107 cm³/mol. The Kier molecular flexibility index (Phi) is 9.75. The maximum atomic E-state index is 12.3. The van der Waals surface area contributed by atoms with Crippen molar-refractivity contribution in [2.45, 2.75) is 12.3 Å². The van der Waals surface area contributed by atoms with Crippen molar-refractivity contribution in [3.63, 3.8) is 0 Å². The molecule has 1 aromatic carbocycles. The number of amides is 1. The molecule has 0 unspecified atom stereocenters. The molecule has 0 spiro atoms. The molecular formula is C18H30Cl2N4O. The van der Waals surface area contributed by atoms with Gasteiger partial charge >= 0.3 is 0 Å². The maximum absolute atomic E-state index is 12.3.